The number of furan rings is 1. The van der Waals surface area contributed by atoms with E-state index in [1.165, 1.54) is 0 Å². The van der Waals surface area contributed by atoms with Crippen molar-refractivity contribution in [1.29, 1.82) is 0 Å². The Labute approximate surface area is 171 Å². The largest absolute Gasteiger partial charge is 0.493 e. The molecule has 10 heteroatoms. The van der Waals surface area contributed by atoms with E-state index >= 15 is 0 Å². The molecule has 0 bridgehead atoms. The van der Waals surface area contributed by atoms with Crippen molar-refractivity contribution in [1.82, 2.24) is 19.6 Å². The summed E-state index contributed by atoms with van der Waals surface area (Å²) in [6.45, 7) is 0.477. The molecule has 3 N–H and O–H groups in total. The number of thiocarbonyl (C=S) groups is 1. The number of aromatic nitrogens is 4. The molecule has 4 rings (SSSR count). The highest BCUT2D eigenvalue weighted by Gasteiger charge is 2.17. The van der Waals surface area contributed by atoms with Crippen LogP contribution in [0.15, 0.2) is 47.2 Å². The van der Waals surface area contributed by atoms with Crippen molar-refractivity contribution in [3.63, 3.8) is 0 Å². The van der Waals surface area contributed by atoms with Gasteiger partial charge in [0.2, 0.25) is 11.8 Å². The summed E-state index contributed by atoms with van der Waals surface area (Å²) >= 11 is 5.12. The number of hydrogen-bond donors (Lipinski definition) is 2. The molecule has 0 saturated carbocycles. The Balaban J connectivity index is 1.69. The van der Waals surface area contributed by atoms with E-state index in [1.807, 2.05) is 18.2 Å². The number of methoxy groups -OCH3 is 2. The van der Waals surface area contributed by atoms with Gasteiger partial charge in [0.25, 0.3) is 0 Å². The summed E-state index contributed by atoms with van der Waals surface area (Å²) in [6.07, 6.45) is 3.14. The fraction of sp³-hybridized carbons (Fsp3) is 0.158. The summed E-state index contributed by atoms with van der Waals surface area (Å²) in [5, 5.41) is 7.75. The van der Waals surface area contributed by atoms with Crippen LogP contribution in [0, 0.1) is 0 Å². The lowest BCUT2D eigenvalue weighted by Gasteiger charge is -2.11. The van der Waals surface area contributed by atoms with Crippen LogP contribution in [0.1, 0.15) is 11.1 Å². The highest BCUT2D eigenvalue weighted by atomic mass is 32.1. The zero-order valence-corrected chi connectivity index (χ0v) is 16.6. The summed E-state index contributed by atoms with van der Waals surface area (Å²) in [5.74, 6) is 2.75. The summed E-state index contributed by atoms with van der Waals surface area (Å²) in [7, 11) is 3.20. The van der Waals surface area contributed by atoms with Gasteiger partial charge in [-0.1, -0.05) is 18.3 Å². The molecule has 0 aliphatic carbocycles. The van der Waals surface area contributed by atoms with Gasteiger partial charge in [0.05, 0.1) is 26.0 Å². The smallest absolute Gasteiger partial charge is 0.226 e. The molecule has 1 aromatic carbocycles. The average molecular weight is 410 g/mol. The predicted molar refractivity (Wildman–Crippen MR) is 111 cm³/mol. The van der Waals surface area contributed by atoms with Crippen molar-refractivity contribution >= 4 is 28.8 Å². The van der Waals surface area contributed by atoms with E-state index in [9.17, 15) is 0 Å². The molecule has 3 heterocycles. The molecular weight excluding hydrogens is 392 g/mol. The molecule has 0 atom stereocenters. The minimum atomic E-state index is 0.187. The average Bonchev–Trinajstić information content (AvgIpc) is 3.41. The zero-order chi connectivity index (χ0) is 20.4. The van der Waals surface area contributed by atoms with E-state index < -0.39 is 0 Å². The Kier molecular flexibility index (Phi) is 5.00. The number of anilines is 1. The van der Waals surface area contributed by atoms with Gasteiger partial charge >= 0.3 is 0 Å². The first-order chi connectivity index (χ1) is 14.1. The van der Waals surface area contributed by atoms with Crippen LogP contribution in [-0.4, -0.2) is 38.8 Å². The lowest BCUT2D eigenvalue weighted by molar-refractivity contribution is 0.354. The maximum atomic E-state index is 5.82. The van der Waals surface area contributed by atoms with E-state index in [-0.39, 0.29) is 4.99 Å². The number of ether oxygens (including phenoxy) is 2. The van der Waals surface area contributed by atoms with Gasteiger partial charge in [-0.25, -0.2) is 9.97 Å². The van der Waals surface area contributed by atoms with E-state index in [4.69, 9.17) is 31.8 Å². The minimum Gasteiger partial charge on any atom is -0.493 e. The van der Waals surface area contributed by atoms with Crippen LogP contribution in [0.2, 0.25) is 0 Å². The molecule has 3 aromatic heterocycles. The molecule has 0 aliphatic rings. The maximum absolute atomic E-state index is 5.82. The van der Waals surface area contributed by atoms with Gasteiger partial charge in [0.15, 0.2) is 22.9 Å². The van der Waals surface area contributed by atoms with Crippen molar-refractivity contribution in [2.24, 2.45) is 5.73 Å². The summed E-state index contributed by atoms with van der Waals surface area (Å²) in [4.78, 5) is 9.11. The van der Waals surface area contributed by atoms with Crippen LogP contribution in [0.25, 0.3) is 17.2 Å². The topological polar surface area (TPSA) is 113 Å². The van der Waals surface area contributed by atoms with Crippen LogP contribution < -0.4 is 20.5 Å². The van der Waals surface area contributed by atoms with Crippen molar-refractivity contribution in [2.75, 3.05) is 19.5 Å². The van der Waals surface area contributed by atoms with Gasteiger partial charge in [-0.15, -0.1) is 5.10 Å². The lowest BCUT2D eigenvalue weighted by Crippen LogP contribution is -2.15. The highest BCUT2D eigenvalue weighted by molar-refractivity contribution is 7.80. The first-order valence-corrected chi connectivity index (χ1v) is 9.05. The molecule has 0 spiro atoms. The van der Waals surface area contributed by atoms with Crippen molar-refractivity contribution < 1.29 is 13.9 Å². The molecule has 0 unspecified atom stereocenters. The molecule has 29 heavy (non-hydrogen) atoms. The monoisotopic (exact) mass is 410 g/mol. The van der Waals surface area contributed by atoms with Gasteiger partial charge in [0.1, 0.15) is 4.99 Å². The molecular formula is C19H18N6O3S. The number of nitrogens with zero attached hydrogens (tertiary/aromatic N) is 4. The number of benzene rings is 1. The molecule has 148 valence electrons. The number of hydrogen-bond acceptors (Lipinski definition) is 8. The van der Waals surface area contributed by atoms with E-state index in [2.05, 4.69) is 20.4 Å². The van der Waals surface area contributed by atoms with Crippen LogP contribution >= 0.6 is 12.2 Å². The number of rotatable bonds is 7. The van der Waals surface area contributed by atoms with Gasteiger partial charge in [-0.2, -0.15) is 4.52 Å². The maximum Gasteiger partial charge on any atom is 0.226 e. The normalized spacial score (nSPS) is 10.8. The Morgan fingerprint density at radius 1 is 1.24 bits per heavy atom. The highest BCUT2D eigenvalue weighted by Crippen LogP contribution is 2.28. The van der Waals surface area contributed by atoms with Gasteiger partial charge in [-0.05, 0) is 29.8 Å². The van der Waals surface area contributed by atoms with Crippen molar-refractivity contribution in [2.45, 2.75) is 6.54 Å². The summed E-state index contributed by atoms with van der Waals surface area (Å²) < 4.78 is 17.6. The third kappa shape index (κ3) is 3.57. The minimum absolute atomic E-state index is 0.187. The number of fused-ring (bicyclic) bond motifs is 1. The standard InChI is InChI=1S/C19H18N6O3S/c1-26-13-6-5-11(8-15(13)27-2)9-21-19-22-10-12(16(20)29)18-23-17(24-25(18)19)14-4-3-7-28-14/h3-8,10H,9H2,1-2H3,(H2,20,29)(H,21,22). The summed E-state index contributed by atoms with van der Waals surface area (Å²) in [6, 6.07) is 9.22. The third-order valence-corrected chi connectivity index (χ3v) is 4.49. The molecule has 0 radical (unpaired) electrons. The van der Waals surface area contributed by atoms with Gasteiger partial charge in [0, 0.05) is 12.7 Å². The molecule has 0 aliphatic heterocycles. The second-order valence-corrected chi connectivity index (χ2v) is 6.49. The summed E-state index contributed by atoms with van der Waals surface area (Å²) in [5.41, 5.74) is 7.82. The van der Waals surface area contributed by atoms with Crippen molar-refractivity contribution in [3.8, 4) is 23.1 Å². The SMILES string of the molecule is COc1ccc(CNc2ncc(C(N)=S)c3nc(-c4ccco4)nn23)cc1OC. The van der Waals surface area contributed by atoms with Gasteiger partial charge in [-0.3, -0.25) is 0 Å². The number of nitrogens with one attached hydrogen (secondary N) is 1. The fourth-order valence-electron chi connectivity index (χ4n) is 2.85. The predicted octanol–water partition coefficient (Wildman–Crippen LogP) is 2.65. The first-order valence-electron chi connectivity index (χ1n) is 8.65. The Morgan fingerprint density at radius 3 is 2.76 bits per heavy atom. The van der Waals surface area contributed by atoms with Crippen LogP contribution in [-0.2, 0) is 6.54 Å². The van der Waals surface area contributed by atoms with Crippen LogP contribution in [0.4, 0.5) is 5.95 Å². The number of nitrogens with two attached hydrogens (primary N) is 1. The van der Waals surface area contributed by atoms with Crippen molar-refractivity contribution in [3.05, 3.63) is 53.9 Å². The Hall–Kier alpha value is -3.66. The molecule has 4 aromatic rings. The molecule has 0 amide bonds. The Morgan fingerprint density at radius 2 is 2.07 bits per heavy atom. The second kappa shape index (κ2) is 7.76. The van der Waals surface area contributed by atoms with Crippen LogP contribution in [0.3, 0.4) is 0 Å². The van der Waals surface area contributed by atoms with Crippen LogP contribution in [0.5, 0.6) is 11.5 Å². The third-order valence-electron chi connectivity index (χ3n) is 4.27. The van der Waals surface area contributed by atoms with E-state index in [0.29, 0.717) is 46.8 Å². The first kappa shape index (κ1) is 18.7. The van der Waals surface area contributed by atoms with Gasteiger partial charge < -0.3 is 24.9 Å². The van der Waals surface area contributed by atoms with E-state index in [1.54, 1.807) is 43.3 Å². The van der Waals surface area contributed by atoms with E-state index in [0.717, 1.165) is 5.56 Å². The molecule has 0 saturated heterocycles. The second-order valence-electron chi connectivity index (χ2n) is 6.05. The quantitative estimate of drug-likeness (QED) is 0.444. The fourth-order valence-corrected chi connectivity index (χ4v) is 2.99. The molecule has 9 nitrogen and oxygen atoms in total. The zero-order valence-electron chi connectivity index (χ0n) is 15.7. The molecule has 0 fully saturated rings. The lowest BCUT2D eigenvalue weighted by atomic mass is 10.2. The Bertz CT molecular complexity index is 1170.